The van der Waals surface area contributed by atoms with Gasteiger partial charge in [-0.3, -0.25) is 4.90 Å². The molecule has 0 aliphatic heterocycles. The summed E-state index contributed by atoms with van der Waals surface area (Å²) in [4.78, 5) is 2.08. The van der Waals surface area contributed by atoms with Crippen molar-refractivity contribution in [1.82, 2.24) is 4.90 Å². The number of aliphatic hydroxyl groups is 2. The first-order valence-corrected chi connectivity index (χ1v) is 11.7. The predicted octanol–water partition coefficient (Wildman–Crippen LogP) is 5.85. The van der Waals surface area contributed by atoms with E-state index in [-0.39, 0.29) is 24.8 Å². The maximum Gasteiger partial charge on any atom is 0.138 e. The highest BCUT2D eigenvalue weighted by molar-refractivity contribution is 6.32. The van der Waals surface area contributed by atoms with Gasteiger partial charge in [0.1, 0.15) is 12.4 Å². The molecule has 2 N–H and O–H groups in total. The molecule has 0 bridgehead atoms. The lowest BCUT2D eigenvalue weighted by molar-refractivity contribution is 0.00859. The van der Waals surface area contributed by atoms with Gasteiger partial charge in [-0.25, -0.2) is 0 Å². The standard InChI is InChI=1S/C28H34ClNO3/c1-20-23(11-8-12-25(20)22-9-6-5-7-10-22)19-33-27-14-13-21(15-26(27)29)16-30(28(2,3)4)24(17-31)18-32/h5-15,24,31-32H,16-19H2,1-4H3. The van der Waals surface area contributed by atoms with Crippen LogP contribution in [0.5, 0.6) is 5.75 Å². The molecule has 0 fully saturated rings. The van der Waals surface area contributed by atoms with Gasteiger partial charge >= 0.3 is 0 Å². The first-order valence-electron chi connectivity index (χ1n) is 11.3. The minimum atomic E-state index is -0.334. The molecule has 0 radical (unpaired) electrons. The Morgan fingerprint density at radius 2 is 1.64 bits per heavy atom. The van der Waals surface area contributed by atoms with E-state index in [1.54, 1.807) is 0 Å². The van der Waals surface area contributed by atoms with Crippen molar-refractivity contribution < 1.29 is 14.9 Å². The van der Waals surface area contributed by atoms with Gasteiger partial charge in [0.05, 0.1) is 24.3 Å². The van der Waals surface area contributed by atoms with E-state index in [9.17, 15) is 10.2 Å². The van der Waals surface area contributed by atoms with Crippen LogP contribution in [0.15, 0.2) is 66.7 Å². The lowest BCUT2D eigenvalue weighted by Gasteiger charge is -2.40. The summed E-state index contributed by atoms with van der Waals surface area (Å²) in [6, 6.07) is 22.0. The van der Waals surface area contributed by atoms with Crippen LogP contribution < -0.4 is 4.74 Å². The molecule has 0 atom stereocenters. The fourth-order valence-corrected chi connectivity index (χ4v) is 4.31. The second-order valence-corrected chi connectivity index (χ2v) is 9.73. The Bertz CT molecular complexity index is 1040. The molecule has 0 amide bonds. The normalized spacial score (nSPS) is 11.9. The molecule has 0 heterocycles. The van der Waals surface area contributed by atoms with Crippen molar-refractivity contribution in [2.45, 2.75) is 52.4 Å². The van der Waals surface area contributed by atoms with E-state index in [1.165, 1.54) is 16.7 Å². The topological polar surface area (TPSA) is 52.9 Å². The Labute approximate surface area is 202 Å². The van der Waals surface area contributed by atoms with Gasteiger partial charge in [-0.05, 0) is 67.6 Å². The third-order valence-electron chi connectivity index (χ3n) is 5.99. The van der Waals surface area contributed by atoms with Crippen molar-refractivity contribution in [3.05, 3.63) is 88.4 Å². The van der Waals surface area contributed by atoms with Gasteiger partial charge in [0.25, 0.3) is 0 Å². The quantitative estimate of drug-likeness (QED) is 0.414. The summed E-state index contributed by atoms with van der Waals surface area (Å²) in [6.07, 6.45) is 0. The summed E-state index contributed by atoms with van der Waals surface area (Å²) in [7, 11) is 0. The van der Waals surface area contributed by atoms with Crippen molar-refractivity contribution in [3.63, 3.8) is 0 Å². The van der Waals surface area contributed by atoms with E-state index in [0.29, 0.717) is 23.9 Å². The fourth-order valence-electron chi connectivity index (χ4n) is 4.05. The van der Waals surface area contributed by atoms with E-state index in [2.05, 4.69) is 62.9 Å². The molecule has 3 rings (SSSR count). The van der Waals surface area contributed by atoms with Crippen LogP contribution in [0.1, 0.15) is 37.5 Å². The Kier molecular flexibility index (Phi) is 8.55. The zero-order valence-corrected chi connectivity index (χ0v) is 20.6. The van der Waals surface area contributed by atoms with Gasteiger partial charge in [0.2, 0.25) is 0 Å². The lowest BCUT2D eigenvalue weighted by Crippen LogP contribution is -2.50. The summed E-state index contributed by atoms with van der Waals surface area (Å²) in [5.74, 6) is 0.633. The average molecular weight is 468 g/mol. The summed E-state index contributed by atoms with van der Waals surface area (Å²) in [6.45, 7) is 9.09. The van der Waals surface area contributed by atoms with E-state index in [4.69, 9.17) is 16.3 Å². The van der Waals surface area contributed by atoms with E-state index in [1.807, 2.05) is 36.4 Å². The van der Waals surface area contributed by atoms with Crippen molar-refractivity contribution >= 4 is 11.6 Å². The zero-order chi connectivity index (χ0) is 24.0. The highest BCUT2D eigenvalue weighted by atomic mass is 35.5. The van der Waals surface area contributed by atoms with Crippen LogP contribution in [-0.4, -0.2) is 39.9 Å². The molecular formula is C28H34ClNO3. The number of ether oxygens (including phenoxy) is 1. The zero-order valence-electron chi connectivity index (χ0n) is 19.9. The second-order valence-electron chi connectivity index (χ2n) is 9.33. The average Bonchev–Trinajstić information content (AvgIpc) is 2.79. The van der Waals surface area contributed by atoms with Crippen LogP contribution in [0.25, 0.3) is 11.1 Å². The molecule has 3 aromatic carbocycles. The highest BCUT2D eigenvalue weighted by Crippen LogP contribution is 2.30. The highest BCUT2D eigenvalue weighted by Gasteiger charge is 2.28. The molecule has 5 heteroatoms. The number of rotatable bonds is 9. The van der Waals surface area contributed by atoms with Crippen molar-refractivity contribution in [1.29, 1.82) is 0 Å². The Balaban J connectivity index is 1.74. The van der Waals surface area contributed by atoms with Crippen molar-refractivity contribution in [2.75, 3.05) is 13.2 Å². The molecule has 0 saturated heterocycles. The number of benzene rings is 3. The molecule has 0 saturated carbocycles. The molecule has 33 heavy (non-hydrogen) atoms. The molecular weight excluding hydrogens is 434 g/mol. The van der Waals surface area contributed by atoms with Gasteiger partial charge in [0, 0.05) is 12.1 Å². The van der Waals surface area contributed by atoms with Crippen LogP contribution >= 0.6 is 11.6 Å². The number of nitrogens with zero attached hydrogens (tertiary/aromatic N) is 1. The molecule has 0 aliphatic carbocycles. The summed E-state index contributed by atoms with van der Waals surface area (Å²) in [5.41, 5.74) is 5.46. The SMILES string of the molecule is Cc1c(COc2ccc(CN(C(CO)CO)C(C)(C)C)cc2Cl)cccc1-c1ccccc1. The smallest absolute Gasteiger partial charge is 0.138 e. The van der Waals surface area contributed by atoms with Gasteiger partial charge in [0.15, 0.2) is 0 Å². The van der Waals surface area contributed by atoms with Crippen LogP contribution in [0.4, 0.5) is 0 Å². The summed E-state index contributed by atoms with van der Waals surface area (Å²) < 4.78 is 6.09. The van der Waals surface area contributed by atoms with E-state index < -0.39 is 0 Å². The van der Waals surface area contributed by atoms with Gasteiger partial charge in [-0.15, -0.1) is 0 Å². The third kappa shape index (κ3) is 6.36. The maximum atomic E-state index is 9.68. The predicted molar refractivity (Wildman–Crippen MR) is 136 cm³/mol. The fraction of sp³-hybridized carbons (Fsp3) is 0.357. The molecule has 0 unspecified atom stereocenters. The molecule has 0 aliphatic rings. The number of hydrogen-bond donors (Lipinski definition) is 2. The molecule has 0 spiro atoms. The molecule has 176 valence electrons. The van der Waals surface area contributed by atoms with E-state index in [0.717, 1.165) is 11.1 Å². The van der Waals surface area contributed by atoms with Crippen molar-refractivity contribution in [2.24, 2.45) is 0 Å². The van der Waals surface area contributed by atoms with Crippen molar-refractivity contribution in [3.8, 4) is 16.9 Å². The monoisotopic (exact) mass is 467 g/mol. The Morgan fingerprint density at radius 1 is 0.939 bits per heavy atom. The lowest BCUT2D eigenvalue weighted by atomic mass is 9.97. The summed E-state index contributed by atoms with van der Waals surface area (Å²) in [5, 5.41) is 19.9. The van der Waals surface area contributed by atoms with Crippen LogP contribution in [0, 0.1) is 6.92 Å². The minimum Gasteiger partial charge on any atom is -0.487 e. The minimum absolute atomic E-state index is 0.107. The maximum absolute atomic E-state index is 9.68. The molecule has 3 aromatic rings. The number of halogens is 1. The van der Waals surface area contributed by atoms with Crippen LogP contribution in [0.3, 0.4) is 0 Å². The molecule has 4 nitrogen and oxygen atoms in total. The van der Waals surface area contributed by atoms with Gasteiger partial charge < -0.3 is 14.9 Å². The first-order chi connectivity index (χ1) is 15.7. The largest absolute Gasteiger partial charge is 0.487 e. The first kappa shape index (κ1) is 25.3. The Hall–Kier alpha value is -2.37. The third-order valence-corrected chi connectivity index (χ3v) is 6.28. The molecule has 0 aromatic heterocycles. The number of hydrogen-bond acceptors (Lipinski definition) is 4. The summed E-state index contributed by atoms with van der Waals surface area (Å²) >= 11 is 6.57. The van der Waals surface area contributed by atoms with Gasteiger partial charge in [-0.1, -0.05) is 66.2 Å². The van der Waals surface area contributed by atoms with Crippen LogP contribution in [0.2, 0.25) is 5.02 Å². The number of aliphatic hydroxyl groups excluding tert-OH is 2. The Morgan fingerprint density at radius 3 is 2.24 bits per heavy atom. The van der Waals surface area contributed by atoms with E-state index >= 15 is 0 Å². The van der Waals surface area contributed by atoms with Gasteiger partial charge in [-0.2, -0.15) is 0 Å². The second kappa shape index (κ2) is 11.2. The van der Waals surface area contributed by atoms with Crippen LogP contribution in [-0.2, 0) is 13.2 Å².